The Morgan fingerprint density at radius 1 is 0.906 bits per heavy atom. The van der Waals surface area contributed by atoms with Crippen molar-refractivity contribution < 1.29 is 19.1 Å². The van der Waals surface area contributed by atoms with Crippen LogP contribution in [0.15, 0.2) is 72.8 Å². The van der Waals surface area contributed by atoms with Crippen LogP contribution in [-0.2, 0) is 17.9 Å². The minimum Gasteiger partial charge on any atom is -0.489 e. The predicted molar refractivity (Wildman–Crippen MR) is 120 cm³/mol. The lowest BCUT2D eigenvalue weighted by Gasteiger charge is -2.15. The van der Waals surface area contributed by atoms with E-state index in [0.717, 1.165) is 21.6 Å². The van der Waals surface area contributed by atoms with Crippen LogP contribution in [-0.4, -0.2) is 29.2 Å². The Hall–Kier alpha value is -3.93. The molecule has 3 amide bonds. The average Bonchev–Trinajstić information content (AvgIpc) is 3.05. The molecule has 4 rings (SSSR count). The molecule has 1 N–H and O–H groups in total. The summed E-state index contributed by atoms with van der Waals surface area (Å²) in [4.78, 5) is 38.6. The van der Waals surface area contributed by atoms with E-state index in [0.29, 0.717) is 30.0 Å². The van der Waals surface area contributed by atoms with Gasteiger partial charge in [0.1, 0.15) is 12.4 Å². The fourth-order valence-electron chi connectivity index (χ4n) is 3.63. The van der Waals surface area contributed by atoms with Crippen molar-refractivity contribution in [1.82, 2.24) is 10.2 Å². The van der Waals surface area contributed by atoms with Crippen LogP contribution in [0.3, 0.4) is 0 Å². The zero-order chi connectivity index (χ0) is 22.5. The summed E-state index contributed by atoms with van der Waals surface area (Å²) < 4.78 is 5.92. The van der Waals surface area contributed by atoms with E-state index >= 15 is 0 Å². The van der Waals surface area contributed by atoms with E-state index in [4.69, 9.17) is 4.74 Å². The Bertz CT molecular complexity index is 1160. The number of amides is 3. The van der Waals surface area contributed by atoms with Crippen molar-refractivity contribution in [1.29, 1.82) is 0 Å². The molecule has 0 bridgehead atoms. The largest absolute Gasteiger partial charge is 0.489 e. The molecule has 0 atom stereocenters. The lowest BCUT2D eigenvalue weighted by Crippen LogP contribution is -2.34. The molecule has 3 aromatic rings. The number of nitrogens with zero attached hydrogens (tertiary/aromatic N) is 1. The van der Waals surface area contributed by atoms with Gasteiger partial charge in [0.2, 0.25) is 5.91 Å². The highest BCUT2D eigenvalue weighted by atomic mass is 16.5. The third-order valence-electron chi connectivity index (χ3n) is 5.37. The molecule has 0 unspecified atom stereocenters. The van der Waals surface area contributed by atoms with Crippen LogP contribution >= 0.6 is 0 Å². The zero-order valence-corrected chi connectivity index (χ0v) is 17.8. The average molecular weight is 428 g/mol. The number of hydrogen-bond donors (Lipinski definition) is 1. The van der Waals surface area contributed by atoms with Crippen molar-refractivity contribution in [2.45, 2.75) is 26.5 Å². The lowest BCUT2D eigenvalue weighted by atomic mass is 10.1. The summed E-state index contributed by atoms with van der Waals surface area (Å²) in [5, 5.41) is 2.85. The second-order valence-corrected chi connectivity index (χ2v) is 7.72. The summed E-state index contributed by atoms with van der Waals surface area (Å²) in [5.41, 5.74) is 3.62. The van der Waals surface area contributed by atoms with Crippen LogP contribution in [0.25, 0.3) is 0 Å². The molecule has 0 spiro atoms. The maximum Gasteiger partial charge on any atom is 0.261 e. The summed E-state index contributed by atoms with van der Waals surface area (Å²) in [7, 11) is 0. The van der Waals surface area contributed by atoms with Crippen molar-refractivity contribution >= 4 is 17.7 Å². The first-order valence-electron chi connectivity index (χ1n) is 10.5. The third-order valence-corrected chi connectivity index (χ3v) is 5.37. The normalized spacial score (nSPS) is 12.6. The summed E-state index contributed by atoms with van der Waals surface area (Å²) in [6, 6.07) is 22.6. The lowest BCUT2D eigenvalue weighted by molar-refractivity contribution is -0.121. The van der Waals surface area contributed by atoms with Crippen LogP contribution in [0.5, 0.6) is 5.75 Å². The quantitative estimate of drug-likeness (QED) is 0.553. The smallest absolute Gasteiger partial charge is 0.261 e. The van der Waals surface area contributed by atoms with Crippen molar-refractivity contribution in [3.63, 3.8) is 0 Å². The van der Waals surface area contributed by atoms with Gasteiger partial charge in [0.25, 0.3) is 11.8 Å². The number of imide groups is 1. The maximum atomic E-state index is 12.5. The second-order valence-electron chi connectivity index (χ2n) is 7.72. The van der Waals surface area contributed by atoms with Crippen LogP contribution in [0.2, 0.25) is 0 Å². The molecule has 0 saturated heterocycles. The highest BCUT2D eigenvalue weighted by Crippen LogP contribution is 2.24. The first-order chi connectivity index (χ1) is 15.5. The van der Waals surface area contributed by atoms with Crippen molar-refractivity contribution in [3.05, 3.63) is 101 Å². The fraction of sp³-hybridized carbons (Fsp3) is 0.192. The summed E-state index contributed by atoms with van der Waals surface area (Å²) in [5.74, 6) is -0.235. The molecule has 6 heteroatoms. The molecule has 0 fully saturated rings. The minimum atomic E-state index is -0.350. The van der Waals surface area contributed by atoms with Gasteiger partial charge in [-0.2, -0.15) is 0 Å². The van der Waals surface area contributed by atoms with Crippen molar-refractivity contribution in [2.75, 3.05) is 6.54 Å². The van der Waals surface area contributed by atoms with Gasteiger partial charge in [-0.25, -0.2) is 0 Å². The van der Waals surface area contributed by atoms with E-state index < -0.39 is 0 Å². The minimum absolute atomic E-state index is 0.0392. The number of ether oxygens (including phenoxy) is 1. The Morgan fingerprint density at radius 2 is 1.62 bits per heavy atom. The Kier molecular flexibility index (Phi) is 6.31. The molecule has 0 radical (unpaired) electrons. The number of para-hydroxylation sites is 1. The molecule has 6 nitrogen and oxygen atoms in total. The van der Waals surface area contributed by atoms with Gasteiger partial charge in [-0.15, -0.1) is 0 Å². The molecular formula is C26H24N2O4. The van der Waals surface area contributed by atoms with Crippen LogP contribution in [0.4, 0.5) is 0 Å². The number of rotatable bonds is 8. The van der Waals surface area contributed by atoms with Crippen molar-refractivity contribution in [2.24, 2.45) is 0 Å². The van der Waals surface area contributed by atoms with Gasteiger partial charge < -0.3 is 10.1 Å². The Labute approximate surface area is 186 Å². The van der Waals surface area contributed by atoms with E-state index in [9.17, 15) is 14.4 Å². The molecule has 0 saturated carbocycles. The van der Waals surface area contributed by atoms with E-state index in [1.807, 2.05) is 61.5 Å². The van der Waals surface area contributed by atoms with E-state index in [2.05, 4.69) is 5.32 Å². The molecule has 32 heavy (non-hydrogen) atoms. The van der Waals surface area contributed by atoms with Gasteiger partial charge in [-0.05, 0) is 30.7 Å². The maximum absolute atomic E-state index is 12.5. The summed E-state index contributed by atoms with van der Waals surface area (Å²) >= 11 is 0. The first-order valence-corrected chi connectivity index (χ1v) is 10.5. The van der Waals surface area contributed by atoms with Gasteiger partial charge in [0.15, 0.2) is 0 Å². The van der Waals surface area contributed by atoms with Crippen molar-refractivity contribution in [3.8, 4) is 5.75 Å². The second kappa shape index (κ2) is 9.47. The SMILES string of the molecule is Cc1ccc2c(c1)C(=O)N(CCC(=O)NCc1ccccc1OCc1ccccc1)C2=O. The number of fused-ring (bicyclic) bond motifs is 1. The summed E-state index contributed by atoms with van der Waals surface area (Å²) in [6.07, 6.45) is 0.0392. The molecule has 1 aliphatic heterocycles. The van der Waals surface area contributed by atoms with E-state index in [1.54, 1.807) is 18.2 Å². The molecule has 0 aliphatic carbocycles. The number of carbonyl (C=O) groups is 3. The third kappa shape index (κ3) is 4.70. The predicted octanol–water partition coefficient (Wildman–Crippen LogP) is 3.88. The Morgan fingerprint density at radius 3 is 2.44 bits per heavy atom. The molecule has 162 valence electrons. The zero-order valence-electron chi connectivity index (χ0n) is 17.8. The molecule has 0 aromatic heterocycles. The summed E-state index contributed by atoms with van der Waals surface area (Å²) in [6.45, 7) is 2.65. The fourth-order valence-corrected chi connectivity index (χ4v) is 3.63. The van der Waals surface area contributed by atoms with Gasteiger partial charge in [0.05, 0.1) is 11.1 Å². The molecular weight excluding hydrogens is 404 g/mol. The highest BCUT2D eigenvalue weighted by molar-refractivity contribution is 6.21. The molecule has 1 heterocycles. The number of hydrogen-bond acceptors (Lipinski definition) is 4. The van der Waals surface area contributed by atoms with Crippen LogP contribution in [0.1, 0.15) is 43.8 Å². The van der Waals surface area contributed by atoms with Crippen LogP contribution < -0.4 is 10.1 Å². The van der Waals surface area contributed by atoms with Gasteiger partial charge in [0, 0.05) is 25.1 Å². The first kappa shape index (κ1) is 21.3. The number of nitrogens with one attached hydrogen (secondary N) is 1. The topological polar surface area (TPSA) is 75.7 Å². The van der Waals surface area contributed by atoms with Gasteiger partial charge in [-0.3, -0.25) is 19.3 Å². The number of carbonyl (C=O) groups excluding carboxylic acids is 3. The standard InChI is InChI=1S/C26H24N2O4/c1-18-11-12-21-22(15-18)26(31)28(25(21)30)14-13-24(29)27-16-20-9-5-6-10-23(20)32-17-19-7-3-2-4-8-19/h2-12,15H,13-14,16-17H2,1H3,(H,27,29). The molecule has 3 aromatic carbocycles. The monoisotopic (exact) mass is 428 g/mol. The number of aryl methyl sites for hydroxylation is 1. The van der Waals surface area contributed by atoms with E-state index in [-0.39, 0.29) is 30.7 Å². The van der Waals surface area contributed by atoms with Gasteiger partial charge in [-0.1, -0.05) is 60.2 Å². The van der Waals surface area contributed by atoms with Crippen LogP contribution in [0, 0.1) is 6.92 Å². The Balaban J connectivity index is 1.30. The number of benzene rings is 3. The van der Waals surface area contributed by atoms with E-state index in [1.165, 1.54) is 0 Å². The highest BCUT2D eigenvalue weighted by Gasteiger charge is 2.35. The van der Waals surface area contributed by atoms with Gasteiger partial charge >= 0.3 is 0 Å². The molecule has 1 aliphatic rings.